The van der Waals surface area contributed by atoms with Crippen molar-refractivity contribution in [3.63, 3.8) is 0 Å². The van der Waals surface area contributed by atoms with E-state index in [9.17, 15) is 9.59 Å². The molecule has 0 aliphatic heterocycles. The standard InChI is InChI=1S/C17H23N3O4/c1-5-10-23-12-14-7-6-13(11-20-14)15(21)18-8-9-19-16(22)24-17(2,3)4/h1,6-7,11H,8-10,12H2,2-4H3,(H,18,21)(H,19,22). The van der Waals surface area contributed by atoms with Crippen molar-refractivity contribution in [2.24, 2.45) is 0 Å². The third-order valence-corrected chi connectivity index (χ3v) is 2.60. The van der Waals surface area contributed by atoms with E-state index in [0.717, 1.165) is 0 Å². The van der Waals surface area contributed by atoms with Crippen LogP contribution in [0.2, 0.25) is 0 Å². The summed E-state index contributed by atoms with van der Waals surface area (Å²) < 4.78 is 10.2. The molecule has 0 spiro atoms. The highest BCUT2D eigenvalue weighted by molar-refractivity contribution is 5.93. The molecule has 0 saturated carbocycles. The molecule has 2 N–H and O–H groups in total. The van der Waals surface area contributed by atoms with Crippen LogP contribution in [0.3, 0.4) is 0 Å². The molecular formula is C17H23N3O4. The van der Waals surface area contributed by atoms with Gasteiger partial charge in [0.1, 0.15) is 12.2 Å². The van der Waals surface area contributed by atoms with Crippen LogP contribution in [0.4, 0.5) is 4.79 Å². The fraction of sp³-hybridized carbons (Fsp3) is 0.471. The lowest BCUT2D eigenvalue weighted by Crippen LogP contribution is -2.37. The number of nitrogens with one attached hydrogen (secondary N) is 2. The fourth-order valence-electron chi connectivity index (χ4n) is 1.62. The van der Waals surface area contributed by atoms with Gasteiger partial charge in [-0.15, -0.1) is 6.42 Å². The van der Waals surface area contributed by atoms with Crippen molar-refractivity contribution < 1.29 is 19.1 Å². The van der Waals surface area contributed by atoms with E-state index in [1.807, 2.05) is 0 Å². The molecule has 130 valence electrons. The van der Waals surface area contributed by atoms with Gasteiger partial charge in [0.25, 0.3) is 5.91 Å². The largest absolute Gasteiger partial charge is 0.444 e. The molecule has 24 heavy (non-hydrogen) atoms. The van der Waals surface area contributed by atoms with Crippen molar-refractivity contribution in [2.75, 3.05) is 19.7 Å². The van der Waals surface area contributed by atoms with E-state index in [1.54, 1.807) is 32.9 Å². The molecule has 0 saturated heterocycles. The summed E-state index contributed by atoms with van der Waals surface area (Å²) in [6, 6.07) is 3.35. The first kappa shape index (κ1) is 19.5. The fourth-order valence-corrected chi connectivity index (χ4v) is 1.62. The minimum atomic E-state index is -0.551. The van der Waals surface area contributed by atoms with Crippen molar-refractivity contribution in [1.29, 1.82) is 0 Å². The van der Waals surface area contributed by atoms with Crippen LogP contribution in [0.5, 0.6) is 0 Å². The van der Waals surface area contributed by atoms with Crippen molar-refractivity contribution >= 4 is 12.0 Å². The second-order valence-electron chi connectivity index (χ2n) is 5.92. The van der Waals surface area contributed by atoms with Gasteiger partial charge in [0, 0.05) is 19.3 Å². The molecular weight excluding hydrogens is 310 g/mol. The first-order chi connectivity index (χ1) is 11.3. The molecule has 0 unspecified atom stereocenters. The lowest BCUT2D eigenvalue weighted by Gasteiger charge is -2.19. The highest BCUT2D eigenvalue weighted by Gasteiger charge is 2.15. The Bertz CT molecular complexity index is 585. The third-order valence-electron chi connectivity index (χ3n) is 2.60. The summed E-state index contributed by atoms with van der Waals surface area (Å²) in [4.78, 5) is 27.5. The van der Waals surface area contributed by atoms with Crippen molar-refractivity contribution in [3.8, 4) is 12.3 Å². The monoisotopic (exact) mass is 333 g/mol. The zero-order valence-electron chi connectivity index (χ0n) is 14.2. The molecule has 0 aliphatic rings. The number of pyridine rings is 1. The number of hydrogen-bond donors (Lipinski definition) is 2. The van der Waals surface area contributed by atoms with E-state index < -0.39 is 11.7 Å². The minimum Gasteiger partial charge on any atom is -0.444 e. The number of carbonyl (C=O) groups is 2. The van der Waals surface area contributed by atoms with Gasteiger partial charge in [-0.2, -0.15) is 0 Å². The summed E-state index contributed by atoms with van der Waals surface area (Å²) in [6.07, 6.45) is 6.03. The molecule has 0 bridgehead atoms. The van der Waals surface area contributed by atoms with E-state index in [4.69, 9.17) is 15.9 Å². The summed E-state index contributed by atoms with van der Waals surface area (Å²) >= 11 is 0. The Labute approximate surface area is 142 Å². The van der Waals surface area contributed by atoms with Crippen molar-refractivity contribution in [2.45, 2.75) is 33.0 Å². The van der Waals surface area contributed by atoms with Crippen LogP contribution < -0.4 is 10.6 Å². The second kappa shape index (κ2) is 9.53. The van der Waals surface area contributed by atoms with Crippen LogP contribution in [0.1, 0.15) is 36.8 Å². The zero-order valence-corrected chi connectivity index (χ0v) is 14.2. The Balaban J connectivity index is 2.30. The normalized spacial score (nSPS) is 10.6. The number of carbonyl (C=O) groups excluding carboxylic acids is 2. The highest BCUT2D eigenvalue weighted by atomic mass is 16.6. The van der Waals surface area contributed by atoms with Crippen LogP contribution in [0.25, 0.3) is 0 Å². The van der Waals surface area contributed by atoms with E-state index in [1.165, 1.54) is 6.20 Å². The summed E-state index contributed by atoms with van der Waals surface area (Å²) in [5.41, 5.74) is 0.561. The topological polar surface area (TPSA) is 89.6 Å². The summed E-state index contributed by atoms with van der Waals surface area (Å²) in [7, 11) is 0. The van der Waals surface area contributed by atoms with Gasteiger partial charge in [0.15, 0.2) is 0 Å². The van der Waals surface area contributed by atoms with E-state index in [-0.39, 0.29) is 25.6 Å². The highest BCUT2D eigenvalue weighted by Crippen LogP contribution is 2.06. The van der Waals surface area contributed by atoms with E-state index in [2.05, 4.69) is 21.5 Å². The minimum absolute atomic E-state index is 0.217. The maximum atomic E-state index is 11.9. The first-order valence-electron chi connectivity index (χ1n) is 7.53. The first-order valence-corrected chi connectivity index (χ1v) is 7.53. The lowest BCUT2D eigenvalue weighted by molar-refractivity contribution is 0.0526. The van der Waals surface area contributed by atoms with Gasteiger partial charge in [0.2, 0.25) is 0 Å². The maximum absolute atomic E-state index is 11.9. The van der Waals surface area contributed by atoms with Gasteiger partial charge >= 0.3 is 6.09 Å². The Morgan fingerprint density at radius 2 is 1.96 bits per heavy atom. The number of ether oxygens (including phenoxy) is 2. The number of alkyl carbamates (subject to hydrolysis) is 1. The number of nitrogens with zero attached hydrogens (tertiary/aromatic N) is 1. The van der Waals surface area contributed by atoms with Crippen LogP contribution in [0.15, 0.2) is 18.3 Å². The predicted octanol–water partition coefficient (Wildman–Crippen LogP) is 1.49. The average Bonchev–Trinajstić information content (AvgIpc) is 2.50. The van der Waals surface area contributed by atoms with Gasteiger partial charge in [-0.1, -0.05) is 5.92 Å². The van der Waals surface area contributed by atoms with E-state index >= 15 is 0 Å². The molecule has 7 nitrogen and oxygen atoms in total. The molecule has 1 aromatic heterocycles. The summed E-state index contributed by atoms with van der Waals surface area (Å²) in [6.45, 7) is 6.41. The smallest absolute Gasteiger partial charge is 0.407 e. The molecule has 0 fully saturated rings. The van der Waals surface area contributed by atoms with Crippen LogP contribution in [-0.2, 0) is 16.1 Å². The molecule has 0 aromatic carbocycles. The van der Waals surface area contributed by atoms with Gasteiger partial charge in [-0.3, -0.25) is 9.78 Å². The second-order valence-corrected chi connectivity index (χ2v) is 5.92. The van der Waals surface area contributed by atoms with Crippen molar-refractivity contribution in [3.05, 3.63) is 29.6 Å². The number of amides is 2. The summed E-state index contributed by atoms with van der Waals surface area (Å²) in [5, 5.41) is 5.24. The molecule has 1 heterocycles. The van der Waals surface area contributed by atoms with Crippen molar-refractivity contribution in [1.82, 2.24) is 15.6 Å². The zero-order chi connectivity index (χ0) is 18.0. The molecule has 2 amide bonds. The number of hydrogen-bond acceptors (Lipinski definition) is 5. The van der Waals surface area contributed by atoms with Crippen LogP contribution >= 0.6 is 0 Å². The number of rotatable bonds is 7. The molecule has 1 aromatic rings. The molecule has 0 radical (unpaired) electrons. The SMILES string of the molecule is C#CCOCc1ccc(C(=O)NCCNC(=O)OC(C)(C)C)cn1. The third kappa shape index (κ3) is 8.15. The van der Waals surface area contributed by atoms with Gasteiger partial charge in [-0.25, -0.2) is 4.79 Å². The number of terminal acetylenes is 1. The number of aromatic nitrogens is 1. The van der Waals surface area contributed by atoms with Gasteiger partial charge in [0.05, 0.1) is 17.9 Å². The Kier molecular flexibility index (Phi) is 7.72. The molecule has 1 rings (SSSR count). The van der Waals surface area contributed by atoms with Gasteiger partial charge < -0.3 is 20.1 Å². The molecule has 0 aliphatic carbocycles. The molecule has 7 heteroatoms. The van der Waals surface area contributed by atoms with Crippen LogP contribution in [0, 0.1) is 12.3 Å². The lowest BCUT2D eigenvalue weighted by atomic mass is 10.2. The molecule has 0 atom stereocenters. The van der Waals surface area contributed by atoms with E-state index in [0.29, 0.717) is 17.9 Å². The Morgan fingerprint density at radius 3 is 2.54 bits per heavy atom. The Morgan fingerprint density at radius 1 is 1.25 bits per heavy atom. The van der Waals surface area contributed by atoms with Crippen LogP contribution in [-0.4, -0.2) is 42.3 Å². The summed E-state index contributed by atoms with van der Waals surface area (Å²) in [5.74, 6) is 2.09. The quantitative estimate of drug-likeness (QED) is 0.583. The van der Waals surface area contributed by atoms with Gasteiger partial charge in [-0.05, 0) is 32.9 Å². The predicted molar refractivity (Wildman–Crippen MR) is 89.3 cm³/mol. The maximum Gasteiger partial charge on any atom is 0.407 e. The Hall–Kier alpha value is -2.59. The average molecular weight is 333 g/mol.